The minimum Gasteiger partial charge on any atom is -0.382 e. The van der Waals surface area contributed by atoms with Crippen molar-refractivity contribution in [2.45, 2.75) is 37.5 Å². The molecule has 5 heteroatoms. The van der Waals surface area contributed by atoms with E-state index in [2.05, 4.69) is 16.9 Å². The molecule has 3 nitrogen and oxygen atoms in total. The van der Waals surface area contributed by atoms with E-state index in [0.717, 1.165) is 19.3 Å². The van der Waals surface area contributed by atoms with Gasteiger partial charge in [-0.3, -0.25) is 4.79 Å². The molecule has 1 fully saturated rings. The van der Waals surface area contributed by atoms with Crippen LogP contribution >= 0.6 is 11.8 Å². The van der Waals surface area contributed by atoms with Crippen LogP contribution in [0.4, 0.5) is 10.1 Å². The van der Waals surface area contributed by atoms with Gasteiger partial charge in [-0.05, 0) is 38.2 Å². The van der Waals surface area contributed by atoms with Crippen LogP contribution in [0.2, 0.25) is 0 Å². The number of rotatable bonds is 5. The lowest BCUT2D eigenvalue weighted by Crippen LogP contribution is -2.39. The molecule has 0 aliphatic heterocycles. The minimum atomic E-state index is -0.382. The molecule has 1 aliphatic carbocycles. The molecule has 2 atom stereocenters. The van der Waals surface area contributed by atoms with E-state index in [4.69, 9.17) is 0 Å². The van der Waals surface area contributed by atoms with Crippen LogP contribution in [0, 0.1) is 5.82 Å². The van der Waals surface area contributed by atoms with Crippen LogP contribution < -0.4 is 10.6 Å². The van der Waals surface area contributed by atoms with Crippen LogP contribution in [0.1, 0.15) is 36.5 Å². The maximum absolute atomic E-state index is 13.8. The van der Waals surface area contributed by atoms with E-state index in [9.17, 15) is 9.18 Å². The highest BCUT2D eigenvalue weighted by Crippen LogP contribution is 2.29. The summed E-state index contributed by atoms with van der Waals surface area (Å²) in [6.07, 6.45) is 5.35. The number of hydrogen-bond acceptors (Lipinski definition) is 3. The fraction of sp³-hybridized carbons (Fsp3) is 0.533. The molecular formula is C15H21FN2OS. The van der Waals surface area contributed by atoms with Crippen LogP contribution in [0.3, 0.4) is 0 Å². The topological polar surface area (TPSA) is 41.1 Å². The maximum atomic E-state index is 13.8. The fourth-order valence-corrected chi connectivity index (χ4v) is 3.62. The molecule has 110 valence electrons. The number of benzene rings is 1. The SMILES string of the molecule is CCNc1c(F)cccc1C(=O)NC1CCCC1SC. The number of amides is 1. The van der Waals surface area contributed by atoms with Gasteiger partial charge in [-0.25, -0.2) is 4.39 Å². The van der Waals surface area contributed by atoms with Gasteiger partial charge < -0.3 is 10.6 Å². The number of para-hydroxylation sites is 1. The summed E-state index contributed by atoms with van der Waals surface area (Å²) in [5.74, 6) is -0.571. The van der Waals surface area contributed by atoms with Gasteiger partial charge in [0.2, 0.25) is 0 Å². The molecule has 2 unspecified atom stereocenters. The standard InChI is InChI=1S/C15H21FN2OS/c1-3-17-14-10(6-4-7-11(14)16)15(19)18-12-8-5-9-13(12)20-2/h4,6-7,12-13,17H,3,5,8-9H2,1-2H3,(H,18,19). The van der Waals surface area contributed by atoms with Crippen LogP contribution in [-0.2, 0) is 0 Å². The van der Waals surface area contributed by atoms with Crippen molar-refractivity contribution in [1.29, 1.82) is 0 Å². The number of halogens is 1. The summed E-state index contributed by atoms with van der Waals surface area (Å²) >= 11 is 1.79. The maximum Gasteiger partial charge on any atom is 0.253 e. The summed E-state index contributed by atoms with van der Waals surface area (Å²) in [7, 11) is 0. The van der Waals surface area contributed by atoms with Crippen molar-refractivity contribution in [3.63, 3.8) is 0 Å². The Kier molecular flexibility index (Phi) is 5.29. The van der Waals surface area contributed by atoms with E-state index >= 15 is 0 Å². The van der Waals surface area contributed by atoms with Gasteiger partial charge in [0.15, 0.2) is 0 Å². The van der Waals surface area contributed by atoms with Crippen molar-refractivity contribution in [3.8, 4) is 0 Å². The molecule has 0 bridgehead atoms. The Morgan fingerprint density at radius 1 is 1.45 bits per heavy atom. The number of nitrogens with one attached hydrogen (secondary N) is 2. The Balaban J connectivity index is 2.15. The lowest BCUT2D eigenvalue weighted by Gasteiger charge is -2.20. The molecule has 1 saturated carbocycles. The van der Waals surface area contributed by atoms with Crippen molar-refractivity contribution in [1.82, 2.24) is 5.32 Å². The average molecular weight is 296 g/mol. The van der Waals surface area contributed by atoms with Gasteiger partial charge in [0.25, 0.3) is 5.91 Å². The Morgan fingerprint density at radius 2 is 2.25 bits per heavy atom. The van der Waals surface area contributed by atoms with Crippen LogP contribution in [0.5, 0.6) is 0 Å². The predicted octanol–water partition coefficient (Wildman–Crippen LogP) is 3.27. The lowest BCUT2D eigenvalue weighted by molar-refractivity contribution is 0.0939. The summed E-state index contributed by atoms with van der Waals surface area (Å²) in [5, 5.41) is 6.46. The van der Waals surface area contributed by atoms with Gasteiger partial charge in [0.1, 0.15) is 5.82 Å². The monoisotopic (exact) mass is 296 g/mol. The van der Waals surface area contributed by atoms with E-state index in [-0.39, 0.29) is 17.8 Å². The smallest absolute Gasteiger partial charge is 0.253 e. The Hall–Kier alpha value is -1.23. The molecule has 0 saturated heterocycles. The van der Waals surface area contributed by atoms with Gasteiger partial charge in [0, 0.05) is 17.8 Å². The first kappa shape index (κ1) is 15.2. The zero-order chi connectivity index (χ0) is 14.5. The number of carbonyl (C=O) groups is 1. The van der Waals surface area contributed by atoms with Gasteiger partial charge in [-0.2, -0.15) is 11.8 Å². The molecule has 1 amide bonds. The Bertz CT molecular complexity index is 481. The highest BCUT2D eigenvalue weighted by molar-refractivity contribution is 7.99. The first-order valence-corrected chi connectivity index (χ1v) is 8.32. The average Bonchev–Trinajstić information content (AvgIpc) is 2.88. The van der Waals surface area contributed by atoms with E-state index in [1.807, 2.05) is 6.92 Å². The van der Waals surface area contributed by atoms with E-state index in [1.165, 1.54) is 6.07 Å². The predicted molar refractivity (Wildman–Crippen MR) is 83.0 cm³/mol. The number of thioether (sulfide) groups is 1. The van der Waals surface area contributed by atoms with Crippen molar-refractivity contribution in [2.24, 2.45) is 0 Å². The molecule has 2 rings (SSSR count). The highest BCUT2D eigenvalue weighted by Gasteiger charge is 2.28. The molecule has 1 aromatic rings. The lowest BCUT2D eigenvalue weighted by atomic mass is 10.1. The molecule has 0 spiro atoms. The van der Waals surface area contributed by atoms with E-state index < -0.39 is 0 Å². The summed E-state index contributed by atoms with van der Waals surface area (Å²) < 4.78 is 13.8. The van der Waals surface area contributed by atoms with Crippen LogP contribution in [-0.4, -0.2) is 30.0 Å². The second-order valence-electron chi connectivity index (χ2n) is 4.98. The minimum absolute atomic E-state index is 0.189. The largest absolute Gasteiger partial charge is 0.382 e. The molecule has 1 aliphatic rings. The number of anilines is 1. The third-order valence-corrected chi connectivity index (χ3v) is 4.85. The first-order valence-electron chi connectivity index (χ1n) is 7.03. The van der Waals surface area contributed by atoms with Crippen molar-refractivity contribution < 1.29 is 9.18 Å². The molecule has 0 heterocycles. The zero-order valence-electron chi connectivity index (χ0n) is 11.9. The van der Waals surface area contributed by atoms with Gasteiger partial charge in [-0.1, -0.05) is 12.5 Å². The first-order chi connectivity index (χ1) is 9.67. The second-order valence-corrected chi connectivity index (χ2v) is 6.05. The summed E-state index contributed by atoms with van der Waals surface area (Å²) in [6, 6.07) is 4.80. The molecule has 0 radical (unpaired) electrons. The van der Waals surface area contributed by atoms with E-state index in [1.54, 1.807) is 23.9 Å². The summed E-state index contributed by atoms with van der Waals surface area (Å²) in [5.41, 5.74) is 0.685. The number of carbonyl (C=O) groups excluding carboxylic acids is 1. The molecular weight excluding hydrogens is 275 g/mol. The Morgan fingerprint density at radius 3 is 2.95 bits per heavy atom. The van der Waals surface area contributed by atoms with Crippen LogP contribution in [0.15, 0.2) is 18.2 Å². The molecule has 1 aromatic carbocycles. The third kappa shape index (κ3) is 3.26. The second kappa shape index (κ2) is 6.97. The molecule has 0 aromatic heterocycles. The normalized spacial score (nSPS) is 21.8. The quantitative estimate of drug-likeness (QED) is 0.876. The molecule has 20 heavy (non-hydrogen) atoms. The number of hydrogen-bond donors (Lipinski definition) is 2. The zero-order valence-corrected chi connectivity index (χ0v) is 12.7. The third-order valence-electron chi connectivity index (χ3n) is 3.68. The summed E-state index contributed by atoms with van der Waals surface area (Å²) in [6.45, 7) is 2.47. The summed E-state index contributed by atoms with van der Waals surface area (Å²) in [4.78, 5) is 12.4. The van der Waals surface area contributed by atoms with E-state index in [0.29, 0.717) is 23.0 Å². The van der Waals surface area contributed by atoms with Crippen LogP contribution in [0.25, 0.3) is 0 Å². The highest BCUT2D eigenvalue weighted by atomic mass is 32.2. The van der Waals surface area contributed by atoms with Gasteiger partial charge >= 0.3 is 0 Å². The fourth-order valence-electron chi connectivity index (χ4n) is 2.69. The van der Waals surface area contributed by atoms with Gasteiger partial charge in [-0.15, -0.1) is 0 Å². The Labute approximate surface area is 123 Å². The van der Waals surface area contributed by atoms with Crippen molar-refractivity contribution >= 4 is 23.4 Å². The van der Waals surface area contributed by atoms with Crippen molar-refractivity contribution in [2.75, 3.05) is 18.1 Å². The van der Waals surface area contributed by atoms with Gasteiger partial charge in [0.05, 0.1) is 11.3 Å². The van der Waals surface area contributed by atoms with Crippen molar-refractivity contribution in [3.05, 3.63) is 29.6 Å². The molecule has 2 N–H and O–H groups in total.